The first-order chi connectivity index (χ1) is 16.8. The third-order valence-corrected chi connectivity index (χ3v) is 7.30. The van der Waals surface area contributed by atoms with E-state index in [4.69, 9.17) is 9.72 Å². The minimum atomic E-state index is -0.953. The fourth-order valence-corrected chi connectivity index (χ4v) is 5.15. The molecule has 5 nitrogen and oxygen atoms in total. The number of methoxy groups -OCH3 is 1. The highest BCUT2D eigenvalue weighted by atomic mass is 32.1. The molecule has 0 atom stereocenters. The van der Waals surface area contributed by atoms with E-state index in [2.05, 4.69) is 37.8 Å². The zero-order valence-corrected chi connectivity index (χ0v) is 21.2. The molecule has 1 aromatic heterocycles. The van der Waals surface area contributed by atoms with Gasteiger partial charge >= 0.3 is 5.97 Å². The average Bonchev–Trinajstić information content (AvgIpc) is 3.28. The molecule has 0 saturated carbocycles. The van der Waals surface area contributed by atoms with Crippen LogP contribution in [0.15, 0.2) is 54.6 Å². The monoisotopic (exact) mass is 492 g/mol. The maximum absolute atomic E-state index is 14.4. The number of carboxylic acid groups (broad SMARTS) is 1. The number of carboxylic acids is 1. The van der Waals surface area contributed by atoms with Crippen molar-refractivity contribution in [3.05, 3.63) is 88.2 Å². The number of fused-ring (bicyclic) bond motifs is 1. The van der Waals surface area contributed by atoms with Crippen LogP contribution in [0.2, 0.25) is 0 Å². The minimum absolute atomic E-state index is 0.248. The van der Waals surface area contributed by atoms with E-state index in [-0.39, 0.29) is 11.4 Å². The maximum Gasteiger partial charge on any atom is 0.335 e. The second-order valence-electron chi connectivity index (χ2n) is 8.93. The zero-order valence-electron chi connectivity index (χ0n) is 20.3. The molecule has 182 valence electrons. The van der Waals surface area contributed by atoms with Crippen molar-refractivity contribution in [3.63, 3.8) is 0 Å². The molecule has 0 aliphatic carbocycles. The number of rotatable bonds is 9. The number of aromatic carboxylic acids is 1. The molecule has 7 heteroatoms. The Balaban J connectivity index is 1.65. The van der Waals surface area contributed by atoms with Crippen LogP contribution in [0.25, 0.3) is 10.2 Å². The lowest BCUT2D eigenvalue weighted by atomic mass is 9.95. The predicted molar refractivity (Wildman–Crippen MR) is 140 cm³/mol. The Morgan fingerprint density at radius 1 is 1.17 bits per heavy atom. The molecule has 35 heavy (non-hydrogen) atoms. The first-order valence-corrected chi connectivity index (χ1v) is 12.4. The van der Waals surface area contributed by atoms with Crippen molar-refractivity contribution in [1.82, 2.24) is 4.98 Å². The van der Waals surface area contributed by atoms with Gasteiger partial charge in [0.05, 0.1) is 22.9 Å². The summed E-state index contributed by atoms with van der Waals surface area (Å²) in [5, 5.41) is 9.95. The standard InChI is InChI=1S/C28H29FN2O3S/c1-17(2)22-15-21(18(3)14-25(22)34-4)12-13-31(16-19-8-10-20(11-9-19)27(32)33)28-30-24-7-5-6-23(29)26(24)35-28/h5-11,14-15,17H,12-13,16H2,1-4H3,(H,32,33). The summed E-state index contributed by atoms with van der Waals surface area (Å²) in [6, 6.07) is 16.1. The SMILES string of the molecule is COc1cc(C)c(CCN(Cc2ccc(C(=O)O)cc2)c2nc3cccc(F)c3s2)cc1C(C)C. The highest BCUT2D eigenvalue weighted by Gasteiger charge is 2.17. The number of hydrogen-bond acceptors (Lipinski definition) is 5. The fourth-order valence-electron chi connectivity index (χ4n) is 4.15. The molecule has 0 bridgehead atoms. The number of ether oxygens (including phenoxy) is 1. The number of aryl methyl sites for hydroxylation is 1. The van der Waals surface area contributed by atoms with E-state index in [9.17, 15) is 14.3 Å². The van der Waals surface area contributed by atoms with Gasteiger partial charge in [0.15, 0.2) is 5.13 Å². The van der Waals surface area contributed by atoms with Gasteiger partial charge in [0, 0.05) is 13.1 Å². The van der Waals surface area contributed by atoms with Crippen molar-refractivity contribution in [2.45, 2.75) is 39.7 Å². The number of nitrogens with zero attached hydrogens (tertiary/aromatic N) is 2. The van der Waals surface area contributed by atoms with Crippen molar-refractivity contribution in [1.29, 1.82) is 0 Å². The Kier molecular flexibility index (Phi) is 7.36. The lowest BCUT2D eigenvalue weighted by Gasteiger charge is -2.23. The highest BCUT2D eigenvalue weighted by molar-refractivity contribution is 7.22. The van der Waals surface area contributed by atoms with Crippen LogP contribution in [-0.2, 0) is 13.0 Å². The molecule has 4 aromatic rings. The molecule has 0 spiro atoms. The molecular weight excluding hydrogens is 463 g/mol. The second-order valence-corrected chi connectivity index (χ2v) is 9.91. The van der Waals surface area contributed by atoms with E-state index in [1.54, 1.807) is 25.3 Å². The van der Waals surface area contributed by atoms with Crippen LogP contribution in [0.1, 0.15) is 52.4 Å². The van der Waals surface area contributed by atoms with Gasteiger partial charge in [0.2, 0.25) is 0 Å². The number of benzene rings is 3. The van der Waals surface area contributed by atoms with E-state index in [0.29, 0.717) is 29.2 Å². The smallest absolute Gasteiger partial charge is 0.335 e. The molecule has 0 saturated heterocycles. The van der Waals surface area contributed by atoms with E-state index in [0.717, 1.165) is 28.4 Å². The van der Waals surface area contributed by atoms with Gasteiger partial charge in [-0.15, -0.1) is 0 Å². The number of halogens is 1. The summed E-state index contributed by atoms with van der Waals surface area (Å²) in [6.45, 7) is 7.60. The first kappa shape index (κ1) is 24.7. The number of hydrogen-bond donors (Lipinski definition) is 1. The lowest BCUT2D eigenvalue weighted by molar-refractivity contribution is 0.0697. The lowest BCUT2D eigenvalue weighted by Crippen LogP contribution is -2.25. The first-order valence-electron chi connectivity index (χ1n) is 11.6. The van der Waals surface area contributed by atoms with Crippen LogP contribution in [0.4, 0.5) is 9.52 Å². The van der Waals surface area contributed by atoms with Crippen molar-refractivity contribution in [2.75, 3.05) is 18.6 Å². The third-order valence-electron chi connectivity index (χ3n) is 6.16. The Labute approximate surface area is 208 Å². The van der Waals surface area contributed by atoms with Gasteiger partial charge in [-0.25, -0.2) is 14.2 Å². The summed E-state index contributed by atoms with van der Waals surface area (Å²) in [4.78, 5) is 18.1. The highest BCUT2D eigenvalue weighted by Crippen LogP contribution is 2.33. The van der Waals surface area contributed by atoms with Gasteiger partial charge < -0.3 is 14.7 Å². The summed E-state index contributed by atoms with van der Waals surface area (Å²) in [7, 11) is 1.70. The van der Waals surface area contributed by atoms with Crippen molar-refractivity contribution in [3.8, 4) is 5.75 Å². The van der Waals surface area contributed by atoms with Crippen LogP contribution in [0, 0.1) is 12.7 Å². The van der Waals surface area contributed by atoms with Gasteiger partial charge in [-0.3, -0.25) is 0 Å². The van der Waals surface area contributed by atoms with E-state index in [1.165, 1.54) is 28.5 Å². The van der Waals surface area contributed by atoms with Crippen LogP contribution in [0.3, 0.4) is 0 Å². The van der Waals surface area contributed by atoms with Crippen LogP contribution >= 0.6 is 11.3 Å². The molecular formula is C28H29FN2O3S. The Morgan fingerprint density at radius 3 is 2.54 bits per heavy atom. The van der Waals surface area contributed by atoms with Crippen LogP contribution < -0.4 is 9.64 Å². The van der Waals surface area contributed by atoms with Gasteiger partial charge in [0.25, 0.3) is 0 Å². The maximum atomic E-state index is 14.4. The Bertz CT molecular complexity index is 1350. The van der Waals surface area contributed by atoms with Gasteiger partial charge in [-0.2, -0.15) is 0 Å². The van der Waals surface area contributed by atoms with E-state index < -0.39 is 5.97 Å². The molecule has 1 heterocycles. The van der Waals surface area contributed by atoms with Gasteiger partial charge in [-0.1, -0.05) is 49.4 Å². The largest absolute Gasteiger partial charge is 0.496 e. The number of thiazole rings is 1. The molecule has 4 rings (SSSR count). The van der Waals surface area contributed by atoms with Gasteiger partial charge in [0.1, 0.15) is 11.6 Å². The molecule has 0 unspecified atom stereocenters. The molecule has 0 aliphatic rings. The molecule has 0 amide bonds. The van der Waals surface area contributed by atoms with Crippen LogP contribution in [-0.4, -0.2) is 29.7 Å². The summed E-state index contributed by atoms with van der Waals surface area (Å²) in [6.07, 6.45) is 0.779. The fraction of sp³-hybridized carbons (Fsp3) is 0.286. The topological polar surface area (TPSA) is 62.7 Å². The Morgan fingerprint density at radius 2 is 1.91 bits per heavy atom. The molecule has 3 aromatic carbocycles. The summed E-state index contributed by atoms with van der Waals surface area (Å²) < 4.78 is 20.5. The predicted octanol–water partition coefficient (Wildman–Crippen LogP) is 6.82. The van der Waals surface area contributed by atoms with Crippen LogP contribution in [0.5, 0.6) is 5.75 Å². The number of carbonyl (C=O) groups is 1. The van der Waals surface area contributed by atoms with Crippen molar-refractivity contribution in [2.24, 2.45) is 0 Å². The normalized spacial score (nSPS) is 11.3. The number of aromatic nitrogens is 1. The third kappa shape index (κ3) is 5.46. The molecule has 1 N–H and O–H groups in total. The van der Waals surface area contributed by atoms with Gasteiger partial charge in [-0.05, 0) is 71.8 Å². The summed E-state index contributed by atoms with van der Waals surface area (Å²) in [5.74, 6) is 0.00856. The number of anilines is 1. The molecule has 0 radical (unpaired) electrons. The van der Waals surface area contributed by atoms with E-state index in [1.807, 2.05) is 18.2 Å². The second kappa shape index (κ2) is 10.4. The average molecular weight is 493 g/mol. The summed E-state index contributed by atoms with van der Waals surface area (Å²) >= 11 is 1.34. The zero-order chi connectivity index (χ0) is 25.1. The van der Waals surface area contributed by atoms with Crippen molar-refractivity contribution < 1.29 is 19.0 Å². The minimum Gasteiger partial charge on any atom is -0.496 e. The molecule has 0 aliphatic heterocycles. The van der Waals surface area contributed by atoms with E-state index >= 15 is 0 Å². The molecule has 0 fully saturated rings. The Hall–Kier alpha value is -3.45. The summed E-state index contributed by atoms with van der Waals surface area (Å²) in [5.41, 5.74) is 5.41. The van der Waals surface area contributed by atoms with Crippen molar-refractivity contribution >= 4 is 32.7 Å². The quantitative estimate of drug-likeness (QED) is 0.278.